The van der Waals surface area contributed by atoms with Crippen molar-refractivity contribution in [2.24, 2.45) is 0 Å². The number of nitrogens with zero attached hydrogens (tertiary/aromatic N) is 1. The maximum Gasteiger partial charge on any atom is 0.258 e. The highest BCUT2D eigenvalue weighted by Gasteiger charge is 2.27. The Hall–Kier alpha value is -2.01. The molecule has 0 fully saturated rings. The highest BCUT2D eigenvalue weighted by Crippen LogP contribution is 2.31. The van der Waals surface area contributed by atoms with E-state index in [0.29, 0.717) is 5.69 Å². The summed E-state index contributed by atoms with van der Waals surface area (Å²) in [6.45, 7) is 0. The van der Waals surface area contributed by atoms with Crippen molar-refractivity contribution in [1.29, 1.82) is 0 Å². The van der Waals surface area contributed by atoms with E-state index in [0.717, 1.165) is 15.8 Å². The molecule has 2 amide bonds. The van der Waals surface area contributed by atoms with Gasteiger partial charge < -0.3 is 4.98 Å². The summed E-state index contributed by atoms with van der Waals surface area (Å²) < 4.78 is 0. The van der Waals surface area contributed by atoms with Gasteiger partial charge in [-0.25, -0.2) is 4.90 Å². The fourth-order valence-corrected chi connectivity index (χ4v) is 2.47. The third kappa shape index (κ3) is 1.55. The topological polar surface area (TPSA) is 53.2 Å². The fourth-order valence-electron chi connectivity index (χ4n) is 2.03. The molecule has 0 saturated heterocycles. The molecule has 1 aliphatic heterocycles. The third-order valence-electron chi connectivity index (χ3n) is 2.92. The van der Waals surface area contributed by atoms with Gasteiger partial charge in [-0.05, 0) is 24.5 Å². The van der Waals surface area contributed by atoms with Crippen molar-refractivity contribution in [2.75, 3.05) is 11.2 Å². The van der Waals surface area contributed by atoms with Crippen molar-refractivity contribution < 1.29 is 9.59 Å². The summed E-state index contributed by atoms with van der Waals surface area (Å²) in [7, 11) is 0. The van der Waals surface area contributed by atoms with Crippen LogP contribution in [0.3, 0.4) is 0 Å². The Morgan fingerprint density at radius 1 is 1.17 bits per heavy atom. The van der Waals surface area contributed by atoms with E-state index in [1.54, 1.807) is 18.0 Å². The second kappa shape index (κ2) is 4.03. The van der Waals surface area contributed by atoms with Crippen LogP contribution >= 0.6 is 11.8 Å². The number of nitrogens with one attached hydrogen (secondary N) is 1. The summed E-state index contributed by atoms with van der Waals surface area (Å²) in [5.74, 6) is -0.592. The van der Waals surface area contributed by atoms with Crippen LogP contribution in [0, 0.1) is 0 Å². The first-order valence-electron chi connectivity index (χ1n) is 5.42. The molecule has 0 aliphatic carbocycles. The van der Waals surface area contributed by atoms with Gasteiger partial charge in [0.15, 0.2) is 0 Å². The number of amides is 2. The second-order valence-electron chi connectivity index (χ2n) is 3.93. The number of aromatic amines is 1. The molecule has 1 aromatic heterocycles. The monoisotopic (exact) mass is 258 g/mol. The Bertz CT molecular complexity index is 669. The molecule has 0 spiro atoms. The highest BCUT2D eigenvalue weighted by atomic mass is 32.2. The number of fused-ring (bicyclic) bond motifs is 1. The molecule has 90 valence electrons. The molecular formula is C13H10N2O2S. The first kappa shape index (κ1) is 11.1. The van der Waals surface area contributed by atoms with Crippen molar-refractivity contribution in [3.8, 4) is 0 Å². The molecule has 2 aromatic rings. The standard InChI is InChI=1S/C13H10N2O2S/c1-18-8-2-3-10-9(6-8)11(7-14-10)15-12(16)4-5-13(15)17/h2-7,14H,1H3. The molecule has 0 bridgehead atoms. The Balaban J connectivity index is 2.17. The van der Waals surface area contributed by atoms with Crippen LogP contribution in [0.4, 0.5) is 5.69 Å². The Morgan fingerprint density at radius 3 is 2.56 bits per heavy atom. The number of hydrogen-bond donors (Lipinski definition) is 1. The fraction of sp³-hybridized carbons (Fsp3) is 0.0769. The summed E-state index contributed by atoms with van der Waals surface area (Å²) in [4.78, 5) is 28.7. The number of aromatic nitrogens is 1. The van der Waals surface area contributed by atoms with Crippen LogP contribution < -0.4 is 4.90 Å². The highest BCUT2D eigenvalue weighted by molar-refractivity contribution is 7.98. The zero-order chi connectivity index (χ0) is 12.7. The third-order valence-corrected chi connectivity index (χ3v) is 3.64. The summed E-state index contributed by atoms with van der Waals surface area (Å²) >= 11 is 1.62. The van der Waals surface area contributed by atoms with E-state index in [1.807, 2.05) is 24.5 Å². The molecular weight excluding hydrogens is 248 g/mol. The summed E-state index contributed by atoms with van der Waals surface area (Å²) in [5.41, 5.74) is 1.52. The second-order valence-corrected chi connectivity index (χ2v) is 4.81. The lowest BCUT2D eigenvalue weighted by molar-refractivity contribution is -0.119. The Labute approximate surface area is 108 Å². The first-order valence-corrected chi connectivity index (χ1v) is 6.64. The van der Waals surface area contributed by atoms with Crippen molar-refractivity contribution in [1.82, 2.24) is 4.98 Å². The van der Waals surface area contributed by atoms with Crippen molar-refractivity contribution >= 4 is 40.2 Å². The minimum atomic E-state index is -0.296. The van der Waals surface area contributed by atoms with Gasteiger partial charge in [-0.1, -0.05) is 0 Å². The number of carbonyl (C=O) groups excluding carboxylic acids is 2. The van der Waals surface area contributed by atoms with E-state index in [9.17, 15) is 9.59 Å². The lowest BCUT2D eigenvalue weighted by Crippen LogP contribution is -2.29. The lowest BCUT2D eigenvalue weighted by atomic mass is 10.2. The van der Waals surface area contributed by atoms with E-state index in [2.05, 4.69) is 4.98 Å². The van der Waals surface area contributed by atoms with Gasteiger partial charge in [0, 0.05) is 34.1 Å². The molecule has 1 aromatic carbocycles. The number of anilines is 1. The number of rotatable bonds is 2. The predicted molar refractivity (Wildman–Crippen MR) is 71.7 cm³/mol. The number of carbonyl (C=O) groups is 2. The molecule has 2 heterocycles. The Morgan fingerprint density at radius 2 is 1.89 bits per heavy atom. The van der Waals surface area contributed by atoms with Crippen molar-refractivity contribution in [3.63, 3.8) is 0 Å². The van der Waals surface area contributed by atoms with Crippen LogP contribution in [0.1, 0.15) is 0 Å². The Kier molecular flexibility index (Phi) is 2.48. The quantitative estimate of drug-likeness (QED) is 0.664. The average Bonchev–Trinajstić information content (AvgIpc) is 2.92. The molecule has 18 heavy (non-hydrogen) atoms. The van der Waals surface area contributed by atoms with E-state index < -0.39 is 0 Å². The molecule has 0 saturated carbocycles. The molecule has 4 nitrogen and oxygen atoms in total. The van der Waals surface area contributed by atoms with Crippen LogP contribution in [0.5, 0.6) is 0 Å². The predicted octanol–water partition coefficient (Wildman–Crippen LogP) is 2.32. The smallest absolute Gasteiger partial charge is 0.258 e. The van der Waals surface area contributed by atoms with Crippen molar-refractivity contribution in [3.05, 3.63) is 36.5 Å². The molecule has 5 heteroatoms. The van der Waals surface area contributed by atoms with Crippen LogP contribution in [0.2, 0.25) is 0 Å². The minimum absolute atomic E-state index is 0.296. The van der Waals surface area contributed by atoms with Gasteiger partial charge in [0.2, 0.25) is 0 Å². The molecule has 0 unspecified atom stereocenters. The number of hydrogen-bond acceptors (Lipinski definition) is 3. The van der Waals surface area contributed by atoms with Gasteiger partial charge in [0.05, 0.1) is 5.69 Å². The van der Waals surface area contributed by atoms with Crippen molar-refractivity contribution in [2.45, 2.75) is 4.90 Å². The molecule has 0 atom stereocenters. The molecule has 3 rings (SSSR count). The van der Waals surface area contributed by atoms with Crippen LogP contribution in [-0.4, -0.2) is 23.1 Å². The average molecular weight is 258 g/mol. The van der Waals surface area contributed by atoms with E-state index in [4.69, 9.17) is 0 Å². The minimum Gasteiger partial charge on any atom is -0.359 e. The largest absolute Gasteiger partial charge is 0.359 e. The van der Waals surface area contributed by atoms with Gasteiger partial charge >= 0.3 is 0 Å². The number of benzene rings is 1. The summed E-state index contributed by atoms with van der Waals surface area (Å²) in [6.07, 6.45) is 6.26. The van der Waals surface area contributed by atoms with Crippen LogP contribution in [0.25, 0.3) is 10.9 Å². The van der Waals surface area contributed by atoms with Crippen LogP contribution in [0.15, 0.2) is 41.4 Å². The zero-order valence-electron chi connectivity index (χ0n) is 9.64. The number of thioether (sulfide) groups is 1. The first-order chi connectivity index (χ1) is 8.70. The maximum atomic E-state index is 11.7. The SMILES string of the molecule is CSc1ccc2[nH]cc(N3C(=O)C=CC3=O)c2c1. The van der Waals surface area contributed by atoms with Gasteiger partial charge in [0.1, 0.15) is 0 Å². The van der Waals surface area contributed by atoms with Gasteiger partial charge in [-0.2, -0.15) is 0 Å². The van der Waals surface area contributed by atoms with E-state index >= 15 is 0 Å². The van der Waals surface area contributed by atoms with E-state index in [1.165, 1.54) is 17.1 Å². The normalized spacial score (nSPS) is 15.1. The summed E-state index contributed by atoms with van der Waals surface area (Å²) in [6, 6.07) is 5.92. The lowest BCUT2D eigenvalue weighted by Gasteiger charge is -2.12. The molecule has 0 radical (unpaired) electrons. The van der Waals surface area contributed by atoms with Gasteiger partial charge in [0.25, 0.3) is 11.8 Å². The molecule has 1 aliphatic rings. The zero-order valence-corrected chi connectivity index (χ0v) is 10.5. The maximum absolute atomic E-state index is 11.7. The number of imide groups is 1. The molecule has 1 N–H and O–H groups in total. The number of H-pyrrole nitrogens is 1. The van der Waals surface area contributed by atoms with E-state index in [-0.39, 0.29) is 11.8 Å². The van der Waals surface area contributed by atoms with Gasteiger partial charge in [-0.15, -0.1) is 11.8 Å². The summed E-state index contributed by atoms with van der Waals surface area (Å²) in [5, 5.41) is 0.882. The van der Waals surface area contributed by atoms with Crippen LogP contribution in [-0.2, 0) is 9.59 Å². The van der Waals surface area contributed by atoms with Gasteiger partial charge in [-0.3, -0.25) is 9.59 Å².